The fourth-order valence-corrected chi connectivity index (χ4v) is 2.42. The van der Waals surface area contributed by atoms with Crippen molar-refractivity contribution in [3.8, 4) is 0 Å². The molecule has 0 radical (unpaired) electrons. The topological polar surface area (TPSA) is 116 Å². The normalized spacial score (nSPS) is 11.9. The lowest BCUT2D eigenvalue weighted by atomic mass is 10.6. The summed E-state index contributed by atoms with van der Waals surface area (Å²) in [5.41, 5.74) is 5.17. The Morgan fingerprint density at radius 3 is 2.80 bits per heavy atom. The highest BCUT2D eigenvalue weighted by Gasteiger charge is 2.24. The lowest BCUT2D eigenvalue weighted by Crippen LogP contribution is -2.37. The van der Waals surface area contributed by atoms with Gasteiger partial charge in [0, 0.05) is 12.7 Å². The number of hydrogen-bond acceptors (Lipinski definition) is 4. The van der Waals surface area contributed by atoms with Crippen LogP contribution in [0.5, 0.6) is 0 Å². The second-order valence-electron chi connectivity index (χ2n) is 2.89. The summed E-state index contributed by atoms with van der Waals surface area (Å²) < 4.78 is 24.9. The Morgan fingerprint density at radius 2 is 2.40 bits per heavy atom. The summed E-state index contributed by atoms with van der Waals surface area (Å²) in [7, 11) is -3.58. The van der Waals surface area contributed by atoms with Crippen LogP contribution in [0.1, 0.15) is 6.92 Å². The van der Waals surface area contributed by atoms with Crippen LogP contribution >= 0.6 is 0 Å². The SMILES string of the molecule is CCN(CC(=N)N)S(=O)(=O)c1cn[nH]c1. The molecular formula is C7H13N5O2S. The van der Waals surface area contributed by atoms with Gasteiger partial charge in [-0.05, 0) is 0 Å². The van der Waals surface area contributed by atoms with Gasteiger partial charge < -0.3 is 5.73 Å². The molecule has 84 valence electrons. The fraction of sp³-hybridized carbons (Fsp3) is 0.429. The van der Waals surface area contributed by atoms with Crippen molar-refractivity contribution in [1.82, 2.24) is 14.5 Å². The van der Waals surface area contributed by atoms with Crippen molar-refractivity contribution in [2.75, 3.05) is 13.1 Å². The van der Waals surface area contributed by atoms with E-state index in [-0.39, 0.29) is 23.8 Å². The van der Waals surface area contributed by atoms with Crippen LogP contribution in [0.2, 0.25) is 0 Å². The molecule has 7 nitrogen and oxygen atoms in total. The predicted molar refractivity (Wildman–Crippen MR) is 54.9 cm³/mol. The van der Waals surface area contributed by atoms with Crippen molar-refractivity contribution < 1.29 is 8.42 Å². The number of H-pyrrole nitrogens is 1. The van der Waals surface area contributed by atoms with E-state index in [4.69, 9.17) is 11.1 Å². The number of nitrogens with zero attached hydrogens (tertiary/aromatic N) is 2. The van der Waals surface area contributed by atoms with Crippen LogP contribution in [0.4, 0.5) is 0 Å². The molecule has 1 aromatic heterocycles. The Balaban J connectivity index is 2.98. The van der Waals surface area contributed by atoms with Crippen LogP contribution in [0.3, 0.4) is 0 Å². The molecule has 1 rings (SSSR count). The molecule has 15 heavy (non-hydrogen) atoms. The highest BCUT2D eigenvalue weighted by atomic mass is 32.2. The molecule has 0 unspecified atom stereocenters. The van der Waals surface area contributed by atoms with E-state index in [1.165, 1.54) is 12.4 Å². The maximum absolute atomic E-state index is 11.9. The summed E-state index contributed by atoms with van der Waals surface area (Å²) in [6.07, 6.45) is 2.51. The van der Waals surface area contributed by atoms with Crippen LogP contribution in [0.15, 0.2) is 17.3 Å². The number of nitrogens with one attached hydrogen (secondary N) is 2. The highest BCUT2D eigenvalue weighted by Crippen LogP contribution is 2.12. The summed E-state index contributed by atoms with van der Waals surface area (Å²) in [6, 6.07) is 0. The molecule has 0 aliphatic rings. The number of amidine groups is 1. The first-order valence-electron chi connectivity index (χ1n) is 4.30. The molecule has 0 fully saturated rings. The van der Waals surface area contributed by atoms with Gasteiger partial charge in [-0.2, -0.15) is 9.40 Å². The zero-order chi connectivity index (χ0) is 11.5. The second kappa shape index (κ2) is 4.41. The van der Waals surface area contributed by atoms with Crippen molar-refractivity contribution in [2.45, 2.75) is 11.8 Å². The predicted octanol–water partition coefficient (Wildman–Crippen LogP) is -0.644. The van der Waals surface area contributed by atoms with Gasteiger partial charge in [0.2, 0.25) is 10.0 Å². The third kappa shape index (κ3) is 2.54. The molecule has 8 heteroatoms. The quantitative estimate of drug-likeness (QED) is 0.461. The van der Waals surface area contributed by atoms with Crippen LogP contribution < -0.4 is 5.73 Å². The van der Waals surface area contributed by atoms with Crippen molar-refractivity contribution >= 4 is 15.9 Å². The minimum Gasteiger partial charge on any atom is -0.387 e. The number of nitrogens with two attached hydrogens (primary N) is 1. The fourth-order valence-electron chi connectivity index (χ4n) is 1.09. The van der Waals surface area contributed by atoms with Crippen LogP contribution in [0, 0.1) is 5.41 Å². The molecule has 0 aliphatic carbocycles. The summed E-state index contributed by atoms with van der Waals surface area (Å²) in [5, 5.41) is 13.1. The number of sulfonamides is 1. The van der Waals surface area contributed by atoms with E-state index in [1.54, 1.807) is 6.92 Å². The van der Waals surface area contributed by atoms with Gasteiger partial charge in [0.25, 0.3) is 0 Å². The monoisotopic (exact) mass is 231 g/mol. The van der Waals surface area contributed by atoms with Crippen molar-refractivity contribution in [2.24, 2.45) is 5.73 Å². The van der Waals surface area contributed by atoms with Gasteiger partial charge in [-0.1, -0.05) is 6.92 Å². The Bertz CT molecular complexity index is 424. The largest absolute Gasteiger partial charge is 0.387 e. The molecule has 0 spiro atoms. The van der Waals surface area contributed by atoms with E-state index in [2.05, 4.69) is 10.2 Å². The maximum atomic E-state index is 11.9. The molecule has 4 N–H and O–H groups in total. The van der Waals surface area contributed by atoms with Crippen LogP contribution in [-0.2, 0) is 10.0 Å². The Hall–Kier alpha value is -1.41. The Kier molecular flexibility index (Phi) is 3.43. The highest BCUT2D eigenvalue weighted by molar-refractivity contribution is 7.89. The number of rotatable bonds is 5. The Labute approximate surface area is 87.8 Å². The van der Waals surface area contributed by atoms with Gasteiger partial charge in [-0.25, -0.2) is 8.42 Å². The van der Waals surface area contributed by atoms with E-state index in [0.29, 0.717) is 0 Å². The molecule has 1 aromatic rings. The molecule has 0 saturated carbocycles. The van der Waals surface area contributed by atoms with Crippen molar-refractivity contribution in [3.63, 3.8) is 0 Å². The summed E-state index contributed by atoms with van der Waals surface area (Å²) in [4.78, 5) is 0.0746. The minimum absolute atomic E-state index is 0.0746. The van der Waals surface area contributed by atoms with E-state index in [0.717, 1.165) is 4.31 Å². The molecule has 1 heterocycles. The standard InChI is InChI=1S/C7H13N5O2S/c1-2-12(5-7(8)9)15(13,14)6-3-10-11-4-6/h3-4H,2,5H2,1H3,(H3,8,9)(H,10,11). The first kappa shape index (κ1) is 11.7. The number of likely N-dealkylation sites (N-methyl/N-ethyl adjacent to an activating group) is 1. The second-order valence-corrected chi connectivity index (χ2v) is 4.83. The number of hydrogen-bond donors (Lipinski definition) is 3. The zero-order valence-electron chi connectivity index (χ0n) is 8.27. The zero-order valence-corrected chi connectivity index (χ0v) is 9.08. The van der Waals surface area contributed by atoms with Gasteiger partial charge in [-0.15, -0.1) is 0 Å². The summed E-state index contributed by atoms with van der Waals surface area (Å²) >= 11 is 0. The summed E-state index contributed by atoms with van der Waals surface area (Å²) in [6.45, 7) is 1.83. The van der Waals surface area contributed by atoms with Gasteiger partial charge in [0.15, 0.2) is 0 Å². The lowest BCUT2D eigenvalue weighted by Gasteiger charge is -2.18. The van der Waals surface area contributed by atoms with Gasteiger partial charge in [0.05, 0.1) is 12.7 Å². The third-order valence-electron chi connectivity index (χ3n) is 1.81. The van der Waals surface area contributed by atoms with Gasteiger partial charge in [0.1, 0.15) is 10.7 Å². The van der Waals surface area contributed by atoms with Gasteiger partial charge >= 0.3 is 0 Å². The van der Waals surface area contributed by atoms with Gasteiger partial charge in [-0.3, -0.25) is 10.5 Å². The van der Waals surface area contributed by atoms with Crippen LogP contribution in [-0.4, -0.2) is 41.8 Å². The Morgan fingerprint density at radius 1 is 1.73 bits per heavy atom. The van der Waals surface area contributed by atoms with E-state index in [9.17, 15) is 8.42 Å². The molecule has 0 aromatic carbocycles. The molecular weight excluding hydrogens is 218 g/mol. The van der Waals surface area contributed by atoms with Crippen molar-refractivity contribution in [1.29, 1.82) is 5.41 Å². The average molecular weight is 231 g/mol. The smallest absolute Gasteiger partial charge is 0.246 e. The van der Waals surface area contributed by atoms with E-state index >= 15 is 0 Å². The van der Waals surface area contributed by atoms with Crippen LogP contribution in [0.25, 0.3) is 0 Å². The summed E-state index contributed by atoms with van der Waals surface area (Å²) in [5.74, 6) is -0.191. The maximum Gasteiger partial charge on any atom is 0.246 e. The molecule has 0 bridgehead atoms. The number of aromatic nitrogens is 2. The third-order valence-corrected chi connectivity index (χ3v) is 3.70. The average Bonchev–Trinajstić information content (AvgIpc) is 2.66. The van der Waals surface area contributed by atoms with E-state index < -0.39 is 10.0 Å². The van der Waals surface area contributed by atoms with E-state index in [1.807, 2.05) is 0 Å². The van der Waals surface area contributed by atoms with Crippen molar-refractivity contribution in [3.05, 3.63) is 12.4 Å². The lowest BCUT2D eigenvalue weighted by molar-refractivity contribution is 0.466. The first-order chi connectivity index (χ1) is 6.98. The number of aromatic amines is 1. The minimum atomic E-state index is -3.58. The molecule has 0 saturated heterocycles. The molecule has 0 amide bonds. The first-order valence-corrected chi connectivity index (χ1v) is 5.74. The molecule has 0 atom stereocenters. The molecule has 0 aliphatic heterocycles.